The summed E-state index contributed by atoms with van der Waals surface area (Å²) >= 11 is 0. The van der Waals surface area contributed by atoms with E-state index in [4.69, 9.17) is 9.84 Å². The fraction of sp³-hybridized carbons (Fsp3) is 0.111. The van der Waals surface area contributed by atoms with Crippen molar-refractivity contribution in [1.29, 1.82) is 0 Å². The first-order valence-corrected chi connectivity index (χ1v) is 3.21. The van der Waals surface area contributed by atoms with E-state index in [-0.39, 0.29) is 5.75 Å². The molecule has 1 aromatic rings. The molecule has 0 atom stereocenters. The van der Waals surface area contributed by atoms with Gasteiger partial charge < -0.3 is 9.84 Å². The monoisotopic (exact) mass is 148 g/mol. The molecule has 2 heteroatoms. The number of benzene rings is 1. The Morgan fingerprint density at radius 2 is 2.09 bits per heavy atom. The quantitative estimate of drug-likeness (QED) is 0.615. The van der Waals surface area contributed by atoms with E-state index in [1.165, 1.54) is 0 Å². The van der Waals surface area contributed by atoms with Crippen LogP contribution in [0.1, 0.15) is 6.92 Å². The van der Waals surface area contributed by atoms with Gasteiger partial charge in [0.2, 0.25) is 0 Å². The molecular weight excluding hydrogens is 140 g/mol. The molecule has 0 saturated carbocycles. The van der Waals surface area contributed by atoms with Gasteiger partial charge in [-0.15, -0.1) is 0 Å². The lowest BCUT2D eigenvalue weighted by Gasteiger charge is -1.97. The molecule has 0 unspecified atom stereocenters. The Hall–Kier alpha value is -1.62. The van der Waals surface area contributed by atoms with Crippen molar-refractivity contribution < 1.29 is 9.84 Å². The second kappa shape index (κ2) is 3.52. The second-order valence-electron chi connectivity index (χ2n) is 1.92. The molecule has 1 aromatic carbocycles. The summed E-state index contributed by atoms with van der Waals surface area (Å²) < 4.78 is 4.87. The van der Waals surface area contributed by atoms with Gasteiger partial charge in [-0.1, -0.05) is 18.1 Å². The lowest BCUT2D eigenvalue weighted by molar-refractivity contribution is 0.425. The van der Waals surface area contributed by atoms with Crippen molar-refractivity contribution in [2.45, 2.75) is 6.92 Å². The Kier molecular flexibility index (Phi) is 2.40. The number of hydrogen-bond acceptors (Lipinski definition) is 2. The first-order chi connectivity index (χ1) is 5.34. The average molecular weight is 148 g/mol. The standard InChI is InChI=1S/C9H8O2/c1-2-7-11-9-6-4-3-5-8(9)10/h3-6,10H,1H3. The van der Waals surface area contributed by atoms with Crippen LogP contribution in [0.2, 0.25) is 0 Å². The van der Waals surface area contributed by atoms with Crippen LogP contribution >= 0.6 is 0 Å². The maximum atomic E-state index is 9.14. The van der Waals surface area contributed by atoms with Gasteiger partial charge in [0, 0.05) is 6.92 Å². The van der Waals surface area contributed by atoms with Crippen molar-refractivity contribution in [3.8, 4) is 23.5 Å². The minimum Gasteiger partial charge on any atom is -0.504 e. The highest BCUT2D eigenvalue weighted by Gasteiger charge is 1.96. The lowest BCUT2D eigenvalue weighted by atomic mass is 10.3. The molecule has 0 bridgehead atoms. The molecule has 0 radical (unpaired) electrons. The van der Waals surface area contributed by atoms with Crippen LogP contribution in [0, 0.1) is 12.0 Å². The van der Waals surface area contributed by atoms with Gasteiger partial charge in [0.05, 0.1) is 0 Å². The van der Waals surface area contributed by atoms with Crippen LogP contribution in [0.25, 0.3) is 0 Å². The zero-order chi connectivity index (χ0) is 8.10. The molecule has 0 aliphatic carbocycles. The van der Waals surface area contributed by atoms with E-state index in [1.54, 1.807) is 31.2 Å². The van der Waals surface area contributed by atoms with Gasteiger partial charge in [-0.25, -0.2) is 0 Å². The van der Waals surface area contributed by atoms with Gasteiger partial charge in [-0.2, -0.15) is 0 Å². The van der Waals surface area contributed by atoms with E-state index in [1.807, 2.05) is 0 Å². The molecule has 0 saturated heterocycles. The summed E-state index contributed by atoms with van der Waals surface area (Å²) in [5.74, 6) is 3.06. The summed E-state index contributed by atoms with van der Waals surface area (Å²) in [5.41, 5.74) is 0. The molecule has 56 valence electrons. The largest absolute Gasteiger partial charge is 0.504 e. The molecule has 0 aliphatic rings. The third kappa shape index (κ3) is 1.91. The Balaban J connectivity index is 2.83. The van der Waals surface area contributed by atoms with Gasteiger partial charge in [-0.05, 0) is 12.1 Å². The van der Waals surface area contributed by atoms with Crippen molar-refractivity contribution in [2.75, 3.05) is 0 Å². The van der Waals surface area contributed by atoms with Crippen molar-refractivity contribution in [3.63, 3.8) is 0 Å². The van der Waals surface area contributed by atoms with Crippen LogP contribution in [0.4, 0.5) is 0 Å². The summed E-state index contributed by atoms with van der Waals surface area (Å²) in [5, 5.41) is 9.14. The van der Waals surface area contributed by atoms with E-state index in [9.17, 15) is 0 Å². The second-order valence-corrected chi connectivity index (χ2v) is 1.92. The molecule has 0 aliphatic heterocycles. The molecule has 11 heavy (non-hydrogen) atoms. The van der Waals surface area contributed by atoms with Gasteiger partial charge >= 0.3 is 0 Å². The fourth-order valence-corrected chi connectivity index (χ4v) is 0.649. The van der Waals surface area contributed by atoms with Crippen molar-refractivity contribution in [1.82, 2.24) is 0 Å². The van der Waals surface area contributed by atoms with Gasteiger partial charge in [0.25, 0.3) is 0 Å². The van der Waals surface area contributed by atoms with Crippen LogP contribution < -0.4 is 4.74 Å². The summed E-state index contributed by atoms with van der Waals surface area (Å²) in [6.45, 7) is 1.67. The first kappa shape index (κ1) is 7.49. The molecular formula is C9H8O2. The Bertz CT molecular complexity index is 294. The maximum Gasteiger partial charge on any atom is 0.181 e. The summed E-state index contributed by atoms with van der Waals surface area (Å²) in [4.78, 5) is 0. The summed E-state index contributed by atoms with van der Waals surface area (Å²) in [6.07, 6.45) is 2.40. The van der Waals surface area contributed by atoms with Crippen LogP contribution in [0.3, 0.4) is 0 Å². The molecule has 1 rings (SSSR count). The third-order valence-corrected chi connectivity index (χ3v) is 1.13. The number of phenols is 1. The van der Waals surface area contributed by atoms with E-state index in [0.717, 1.165) is 0 Å². The fourth-order valence-electron chi connectivity index (χ4n) is 0.649. The lowest BCUT2D eigenvalue weighted by Crippen LogP contribution is -1.81. The number of aromatic hydroxyl groups is 1. The number of rotatable bonds is 1. The predicted molar refractivity (Wildman–Crippen MR) is 42.2 cm³/mol. The van der Waals surface area contributed by atoms with Gasteiger partial charge in [0.1, 0.15) is 6.11 Å². The minimum absolute atomic E-state index is 0.107. The maximum absolute atomic E-state index is 9.14. The van der Waals surface area contributed by atoms with Crippen LogP contribution in [0.5, 0.6) is 11.5 Å². The van der Waals surface area contributed by atoms with Gasteiger partial charge in [-0.3, -0.25) is 0 Å². The highest BCUT2D eigenvalue weighted by atomic mass is 16.5. The molecule has 0 spiro atoms. The predicted octanol–water partition coefficient (Wildman–Crippen LogP) is 1.75. The number of ether oxygens (including phenoxy) is 1. The van der Waals surface area contributed by atoms with E-state index in [0.29, 0.717) is 5.75 Å². The van der Waals surface area contributed by atoms with Crippen LogP contribution in [-0.2, 0) is 0 Å². The first-order valence-electron chi connectivity index (χ1n) is 3.21. The molecule has 1 N–H and O–H groups in total. The van der Waals surface area contributed by atoms with Crippen molar-refractivity contribution >= 4 is 0 Å². The van der Waals surface area contributed by atoms with Gasteiger partial charge in [0.15, 0.2) is 11.5 Å². The normalized spacial score (nSPS) is 8.09. The molecule has 0 heterocycles. The summed E-state index contributed by atoms with van der Waals surface area (Å²) in [6, 6.07) is 6.69. The Morgan fingerprint density at radius 1 is 1.36 bits per heavy atom. The Labute approximate surface area is 65.4 Å². The number of phenolic OH excluding ortho intramolecular Hbond substituents is 1. The number of hydrogen-bond donors (Lipinski definition) is 1. The number of para-hydroxylation sites is 2. The average Bonchev–Trinajstić information content (AvgIpc) is 2.03. The topological polar surface area (TPSA) is 29.5 Å². The van der Waals surface area contributed by atoms with E-state index in [2.05, 4.69) is 12.0 Å². The zero-order valence-electron chi connectivity index (χ0n) is 6.16. The Morgan fingerprint density at radius 3 is 2.73 bits per heavy atom. The van der Waals surface area contributed by atoms with Crippen LogP contribution in [-0.4, -0.2) is 5.11 Å². The highest BCUT2D eigenvalue weighted by molar-refractivity contribution is 5.38. The summed E-state index contributed by atoms with van der Waals surface area (Å²) in [7, 11) is 0. The molecule has 0 aromatic heterocycles. The zero-order valence-corrected chi connectivity index (χ0v) is 6.16. The highest BCUT2D eigenvalue weighted by Crippen LogP contribution is 2.23. The molecule has 2 nitrogen and oxygen atoms in total. The molecule has 0 fully saturated rings. The SMILES string of the molecule is CC#COc1ccccc1O. The third-order valence-electron chi connectivity index (χ3n) is 1.13. The minimum atomic E-state index is 0.107. The van der Waals surface area contributed by atoms with E-state index < -0.39 is 0 Å². The van der Waals surface area contributed by atoms with Crippen molar-refractivity contribution in [2.24, 2.45) is 0 Å². The smallest absolute Gasteiger partial charge is 0.181 e. The van der Waals surface area contributed by atoms with Crippen LogP contribution in [0.15, 0.2) is 24.3 Å². The molecule has 0 amide bonds. The van der Waals surface area contributed by atoms with E-state index >= 15 is 0 Å². The van der Waals surface area contributed by atoms with Crippen molar-refractivity contribution in [3.05, 3.63) is 24.3 Å².